The van der Waals surface area contributed by atoms with Crippen molar-refractivity contribution in [2.45, 2.75) is 18.5 Å². The lowest BCUT2D eigenvalue weighted by Crippen LogP contribution is -2.63. The molecule has 4 aromatic heterocycles. The number of likely N-dealkylation sites (N-methyl/N-ethyl adjacent to an activating group) is 1. The summed E-state index contributed by atoms with van der Waals surface area (Å²) in [5.41, 5.74) is 1.57. The zero-order chi connectivity index (χ0) is 26.3. The van der Waals surface area contributed by atoms with Crippen LogP contribution in [0, 0.1) is 17.1 Å². The average molecular weight is 519 g/mol. The van der Waals surface area contributed by atoms with Crippen LogP contribution in [0.2, 0.25) is 0 Å². The third kappa shape index (κ3) is 4.41. The highest BCUT2D eigenvalue weighted by molar-refractivity contribution is 5.76. The molecule has 2 fully saturated rings. The van der Waals surface area contributed by atoms with E-state index in [-0.39, 0.29) is 18.9 Å². The Kier molecular flexibility index (Phi) is 5.91. The number of anilines is 3. The Morgan fingerprint density at radius 1 is 1.18 bits per heavy atom. The molecule has 0 bridgehead atoms. The van der Waals surface area contributed by atoms with E-state index in [9.17, 15) is 14.4 Å². The van der Waals surface area contributed by atoms with E-state index in [0.717, 1.165) is 38.1 Å². The minimum absolute atomic E-state index is 0.0446. The summed E-state index contributed by atoms with van der Waals surface area (Å²) in [5, 5.41) is 25.5. The lowest BCUT2D eigenvalue weighted by atomic mass is 9.86. The second-order valence-electron chi connectivity index (χ2n) is 9.85. The van der Waals surface area contributed by atoms with Gasteiger partial charge in [-0.25, -0.2) is 8.91 Å². The van der Waals surface area contributed by atoms with Crippen LogP contribution in [0.5, 0.6) is 0 Å². The molecular weight excluding hydrogens is 491 g/mol. The van der Waals surface area contributed by atoms with E-state index in [0.29, 0.717) is 30.4 Å². The molecule has 0 saturated carbocycles. The fraction of sp³-hybridized carbons (Fsp3) is 0.417. The van der Waals surface area contributed by atoms with Crippen LogP contribution < -0.4 is 10.2 Å². The molecular formula is C24H27FN12O. The first-order valence-electron chi connectivity index (χ1n) is 12.4. The van der Waals surface area contributed by atoms with E-state index in [1.165, 1.54) is 6.20 Å². The van der Waals surface area contributed by atoms with Gasteiger partial charge in [-0.1, -0.05) is 0 Å². The van der Waals surface area contributed by atoms with E-state index >= 15 is 0 Å². The van der Waals surface area contributed by atoms with Gasteiger partial charge in [-0.15, -0.1) is 5.10 Å². The number of hydrogen-bond donors (Lipinski definition) is 1. The van der Waals surface area contributed by atoms with Gasteiger partial charge >= 0.3 is 0 Å². The van der Waals surface area contributed by atoms with E-state index in [1.54, 1.807) is 32.5 Å². The largest absolute Gasteiger partial charge is 0.363 e. The quantitative estimate of drug-likeness (QED) is 0.380. The Hall–Kier alpha value is -4.51. The second kappa shape index (κ2) is 9.42. The zero-order valence-electron chi connectivity index (χ0n) is 20.9. The van der Waals surface area contributed by atoms with Gasteiger partial charge in [-0.2, -0.15) is 20.4 Å². The zero-order valence-corrected chi connectivity index (χ0v) is 20.9. The van der Waals surface area contributed by atoms with Gasteiger partial charge in [0.25, 0.3) is 0 Å². The third-order valence-electron chi connectivity index (χ3n) is 7.14. The number of amides is 1. The molecule has 4 aromatic rings. The smallest absolute Gasteiger partial charge is 0.247 e. The maximum Gasteiger partial charge on any atom is 0.247 e. The van der Waals surface area contributed by atoms with Crippen molar-refractivity contribution < 1.29 is 9.18 Å². The average Bonchev–Trinajstić information content (AvgIpc) is 3.61. The Morgan fingerprint density at radius 2 is 2.00 bits per heavy atom. The van der Waals surface area contributed by atoms with Crippen molar-refractivity contribution in [2.75, 3.05) is 56.5 Å². The van der Waals surface area contributed by atoms with Crippen molar-refractivity contribution in [2.24, 2.45) is 0 Å². The molecule has 13 nitrogen and oxygen atoms in total. The fourth-order valence-electron chi connectivity index (χ4n) is 5.01. The van der Waals surface area contributed by atoms with Crippen LogP contribution in [0.15, 0.2) is 43.1 Å². The molecule has 1 N–H and O–H groups in total. The number of hydrogen-bond acceptors (Lipinski definition) is 9. The maximum absolute atomic E-state index is 13.6. The molecule has 6 rings (SSSR count). The number of carbonyl (C=O) groups excluding carboxylic acids is 1. The highest BCUT2D eigenvalue weighted by atomic mass is 19.1. The van der Waals surface area contributed by atoms with Crippen molar-refractivity contribution in [1.82, 2.24) is 44.0 Å². The van der Waals surface area contributed by atoms with Crippen LogP contribution in [0.4, 0.5) is 21.7 Å². The molecule has 0 radical (unpaired) electrons. The molecule has 0 aliphatic carbocycles. The van der Waals surface area contributed by atoms with E-state index < -0.39 is 11.4 Å². The monoisotopic (exact) mass is 518 g/mol. The second-order valence-corrected chi connectivity index (χ2v) is 9.85. The minimum atomic E-state index is -0.594. The Bertz CT molecular complexity index is 1500. The number of aromatic nitrogens is 7. The van der Waals surface area contributed by atoms with Gasteiger partial charge in [-0.3, -0.25) is 14.2 Å². The van der Waals surface area contributed by atoms with Gasteiger partial charge in [0.05, 0.1) is 42.5 Å². The predicted molar refractivity (Wildman–Crippen MR) is 135 cm³/mol. The van der Waals surface area contributed by atoms with Crippen molar-refractivity contribution in [3.05, 3.63) is 48.9 Å². The predicted octanol–water partition coefficient (Wildman–Crippen LogP) is 0.908. The minimum Gasteiger partial charge on any atom is -0.363 e. The van der Waals surface area contributed by atoms with Crippen LogP contribution in [-0.2, 0) is 16.9 Å². The number of pyridine rings is 1. The van der Waals surface area contributed by atoms with E-state index in [2.05, 4.69) is 48.5 Å². The van der Waals surface area contributed by atoms with Crippen LogP contribution in [0.25, 0.3) is 5.65 Å². The fourth-order valence-corrected chi connectivity index (χ4v) is 5.01. The lowest BCUT2D eigenvalue weighted by Gasteiger charge is -2.50. The molecule has 2 aliphatic heterocycles. The Morgan fingerprint density at radius 3 is 2.74 bits per heavy atom. The number of nitriles is 1. The highest BCUT2D eigenvalue weighted by Crippen LogP contribution is 2.37. The van der Waals surface area contributed by atoms with Gasteiger partial charge < -0.3 is 20.0 Å². The van der Waals surface area contributed by atoms with Gasteiger partial charge in [-0.05, 0) is 19.2 Å². The summed E-state index contributed by atoms with van der Waals surface area (Å²) in [6.07, 6.45) is 7.90. The summed E-state index contributed by atoms with van der Waals surface area (Å²) < 4.78 is 18.4. The first-order valence-corrected chi connectivity index (χ1v) is 12.4. The van der Waals surface area contributed by atoms with Crippen LogP contribution in [-0.4, -0.2) is 96.2 Å². The summed E-state index contributed by atoms with van der Waals surface area (Å²) in [5.74, 6) is 0.00605. The highest BCUT2D eigenvalue weighted by Gasteiger charge is 2.46. The molecule has 6 heterocycles. The molecule has 196 valence electrons. The number of carbonyl (C=O) groups is 1. The SMILES string of the molecule is CN1CCN(C(=O)Cn2cc(Nc3nc4c(N5CC(CC#N)(n6cc(F)cn6)C5)cccn4n3)cn2)CC1. The summed E-state index contributed by atoms with van der Waals surface area (Å²) in [6.45, 7) is 4.35. The standard InChI is InChI=1S/C24H27FN12O/c1-32-7-9-33(10-8-32)21(38)15-35-14-19(12-27-35)29-23-30-22-20(3-2-6-36(22)31-23)34-16-24(17-34,4-5-26)37-13-18(25)11-28-37/h2-3,6,11-14H,4,7-10,15-17H2,1H3,(H,29,31). The van der Waals surface area contributed by atoms with Crippen LogP contribution in [0.3, 0.4) is 0 Å². The Labute approximate surface area is 217 Å². The molecule has 0 spiro atoms. The molecule has 38 heavy (non-hydrogen) atoms. The Balaban J connectivity index is 1.14. The topological polar surface area (TPSA) is 128 Å². The number of rotatable bonds is 7. The first-order chi connectivity index (χ1) is 18.4. The summed E-state index contributed by atoms with van der Waals surface area (Å²) in [4.78, 5) is 23.4. The maximum atomic E-state index is 13.6. The molecule has 0 aromatic carbocycles. The van der Waals surface area contributed by atoms with Crippen LogP contribution >= 0.6 is 0 Å². The lowest BCUT2D eigenvalue weighted by molar-refractivity contribution is -0.133. The summed E-state index contributed by atoms with van der Waals surface area (Å²) >= 11 is 0. The molecule has 1 amide bonds. The first kappa shape index (κ1) is 23.9. The van der Waals surface area contributed by atoms with Crippen molar-refractivity contribution in [1.29, 1.82) is 5.26 Å². The molecule has 0 atom stereocenters. The third-order valence-corrected chi connectivity index (χ3v) is 7.14. The van der Waals surface area contributed by atoms with Gasteiger partial charge in [0.1, 0.15) is 12.1 Å². The van der Waals surface area contributed by atoms with Gasteiger partial charge in [0.2, 0.25) is 11.9 Å². The van der Waals surface area contributed by atoms with Crippen molar-refractivity contribution >= 4 is 28.9 Å². The molecule has 14 heteroatoms. The van der Waals surface area contributed by atoms with E-state index in [1.807, 2.05) is 17.0 Å². The van der Waals surface area contributed by atoms with E-state index in [4.69, 9.17) is 0 Å². The van der Waals surface area contributed by atoms with Gasteiger partial charge in [0, 0.05) is 51.7 Å². The van der Waals surface area contributed by atoms with Gasteiger partial charge in [0.15, 0.2) is 11.5 Å². The summed E-state index contributed by atoms with van der Waals surface area (Å²) in [7, 11) is 2.05. The number of halogens is 1. The molecule has 2 aliphatic rings. The van der Waals surface area contributed by atoms with Crippen LogP contribution in [0.1, 0.15) is 6.42 Å². The number of nitrogens with zero attached hydrogens (tertiary/aromatic N) is 11. The molecule has 0 unspecified atom stereocenters. The van der Waals surface area contributed by atoms with Crippen molar-refractivity contribution in [3.63, 3.8) is 0 Å². The summed E-state index contributed by atoms with van der Waals surface area (Å²) in [6, 6.07) is 6.02. The number of fused-ring (bicyclic) bond motifs is 1. The number of piperazine rings is 1. The normalized spacial score (nSPS) is 17.4. The molecule has 2 saturated heterocycles. The van der Waals surface area contributed by atoms with Crippen molar-refractivity contribution in [3.8, 4) is 6.07 Å². The number of nitrogens with one attached hydrogen (secondary N) is 1.